The Morgan fingerprint density at radius 3 is 2.11 bits per heavy atom. The number of carbonyl (C=O) groups is 1. The van der Waals surface area contributed by atoms with Gasteiger partial charge in [-0.3, -0.25) is 4.79 Å². The predicted octanol–water partition coefficient (Wildman–Crippen LogP) is 4.14. The molecule has 0 aliphatic carbocycles. The van der Waals surface area contributed by atoms with Crippen LogP contribution in [-0.4, -0.2) is 43.5 Å². The molecule has 2 rings (SSSR count). The van der Waals surface area contributed by atoms with E-state index in [1.165, 1.54) is 4.31 Å². The lowest BCUT2D eigenvalue weighted by Crippen LogP contribution is -2.50. The van der Waals surface area contributed by atoms with Crippen molar-refractivity contribution in [1.29, 1.82) is 0 Å². The van der Waals surface area contributed by atoms with Crippen LogP contribution in [0.4, 0.5) is 0 Å². The number of rotatable bonds is 6. The van der Waals surface area contributed by atoms with Crippen LogP contribution in [0.15, 0.2) is 34.1 Å². The van der Waals surface area contributed by atoms with E-state index in [9.17, 15) is 13.2 Å². The first kappa shape index (κ1) is 23.2. The van der Waals surface area contributed by atoms with E-state index in [4.69, 9.17) is 0 Å². The van der Waals surface area contributed by atoms with Crippen molar-refractivity contribution in [3.8, 4) is 0 Å². The molecule has 1 aliphatic rings. The molecule has 1 aromatic rings. The normalized spacial score (nSPS) is 17.5. The van der Waals surface area contributed by atoms with E-state index < -0.39 is 10.0 Å². The fraction of sp³-hybridized carbons (Fsp3) is 0.667. The van der Waals surface area contributed by atoms with E-state index in [0.717, 1.165) is 11.3 Å². The Kier molecular flexibility index (Phi) is 7.27. The van der Waals surface area contributed by atoms with Crippen LogP contribution in [0.25, 0.3) is 0 Å². The maximum atomic E-state index is 12.9. The Labute approximate surface area is 174 Å². The summed E-state index contributed by atoms with van der Waals surface area (Å²) in [6.07, 6.45) is 3.95. The zero-order valence-corrected chi connectivity index (χ0v) is 19.5. The van der Waals surface area contributed by atoms with E-state index >= 15 is 0 Å². The highest BCUT2D eigenvalue weighted by molar-refractivity contribution is 7.98. The zero-order valence-electron chi connectivity index (χ0n) is 17.9. The Hall–Kier alpha value is -1.05. The second-order valence-electron chi connectivity index (χ2n) is 9.46. The first-order chi connectivity index (χ1) is 12.8. The molecule has 1 aliphatic heterocycles. The van der Waals surface area contributed by atoms with Crippen molar-refractivity contribution < 1.29 is 13.2 Å². The number of sulfonamides is 1. The topological polar surface area (TPSA) is 66.5 Å². The average Bonchev–Trinajstić information content (AvgIpc) is 2.59. The number of carbonyl (C=O) groups excluding carboxylic acids is 1. The molecule has 1 saturated heterocycles. The third-order valence-electron chi connectivity index (χ3n) is 4.96. The predicted molar refractivity (Wildman–Crippen MR) is 116 cm³/mol. The van der Waals surface area contributed by atoms with E-state index in [-0.39, 0.29) is 22.8 Å². The van der Waals surface area contributed by atoms with Gasteiger partial charge in [-0.2, -0.15) is 4.31 Å². The monoisotopic (exact) mass is 426 g/mol. The first-order valence-electron chi connectivity index (χ1n) is 9.80. The van der Waals surface area contributed by atoms with Gasteiger partial charge in [0.1, 0.15) is 0 Å². The minimum atomic E-state index is -3.50. The lowest BCUT2D eigenvalue weighted by Gasteiger charge is -2.36. The molecule has 1 aromatic carbocycles. The quantitative estimate of drug-likeness (QED) is 0.694. The summed E-state index contributed by atoms with van der Waals surface area (Å²) < 4.78 is 27.2. The minimum Gasteiger partial charge on any atom is -0.351 e. The largest absolute Gasteiger partial charge is 0.351 e. The number of benzene rings is 1. The van der Waals surface area contributed by atoms with Gasteiger partial charge in [-0.1, -0.05) is 20.8 Å². The van der Waals surface area contributed by atoms with Crippen LogP contribution in [-0.2, 0) is 14.8 Å². The number of hydrogen-bond donors (Lipinski definition) is 1. The van der Waals surface area contributed by atoms with Gasteiger partial charge >= 0.3 is 0 Å². The molecule has 0 saturated carbocycles. The summed E-state index contributed by atoms with van der Waals surface area (Å²) in [6.45, 7) is 11.3. The van der Waals surface area contributed by atoms with Crippen LogP contribution in [0.2, 0.25) is 0 Å². The molecule has 7 heteroatoms. The molecule has 28 heavy (non-hydrogen) atoms. The zero-order chi connectivity index (χ0) is 21.2. The van der Waals surface area contributed by atoms with Crippen molar-refractivity contribution in [3.05, 3.63) is 24.3 Å². The molecule has 0 aromatic heterocycles. The minimum absolute atomic E-state index is 0.0376. The van der Waals surface area contributed by atoms with E-state index in [2.05, 4.69) is 26.1 Å². The van der Waals surface area contributed by atoms with E-state index in [1.807, 2.05) is 32.2 Å². The second kappa shape index (κ2) is 8.76. The van der Waals surface area contributed by atoms with Crippen LogP contribution in [0.5, 0.6) is 0 Å². The summed E-state index contributed by atoms with van der Waals surface area (Å²) in [5.74, 6) is -0.0971. The van der Waals surface area contributed by atoms with Crippen molar-refractivity contribution in [2.75, 3.05) is 19.3 Å². The number of piperidine rings is 1. The molecule has 0 unspecified atom stereocenters. The fourth-order valence-electron chi connectivity index (χ4n) is 4.06. The Bertz CT molecular complexity index is 773. The molecular weight excluding hydrogens is 392 g/mol. The molecule has 0 radical (unpaired) electrons. The van der Waals surface area contributed by atoms with E-state index in [1.54, 1.807) is 23.9 Å². The SMILES string of the molecule is CSc1ccc(S(=O)(=O)N2CCC(C(=O)NC(C)(C)CC(C)(C)C)CC2)cc1. The van der Waals surface area contributed by atoms with Gasteiger partial charge in [0.05, 0.1) is 4.90 Å². The smallest absolute Gasteiger partial charge is 0.243 e. The molecule has 1 N–H and O–H groups in total. The molecular formula is C21H34N2O3S2. The summed E-state index contributed by atoms with van der Waals surface area (Å²) in [5.41, 5.74) is -0.155. The van der Waals surface area contributed by atoms with Gasteiger partial charge in [-0.25, -0.2) is 8.42 Å². The maximum absolute atomic E-state index is 12.9. The number of hydrogen-bond acceptors (Lipinski definition) is 4. The summed E-state index contributed by atoms with van der Waals surface area (Å²) in [7, 11) is -3.50. The van der Waals surface area contributed by atoms with Crippen LogP contribution < -0.4 is 5.32 Å². The van der Waals surface area contributed by atoms with Crippen molar-refractivity contribution in [2.45, 2.75) is 69.2 Å². The van der Waals surface area contributed by atoms with Gasteiger partial charge in [0, 0.05) is 29.4 Å². The number of amides is 1. The lowest BCUT2D eigenvalue weighted by atomic mass is 9.81. The second-order valence-corrected chi connectivity index (χ2v) is 12.3. The fourth-order valence-corrected chi connectivity index (χ4v) is 5.94. The van der Waals surface area contributed by atoms with Gasteiger partial charge in [0.15, 0.2) is 0 Å². The Morgan fingerprint density at radius 1 is 1.11 bits per heavy atom. The molecule has 5 nitrogen and oxygen atoms in total. The van der Waals surface area contributed by atoms with Crippen LogP contribution in [0.1, 0.15) is 53.9 Å². The molecule has 0 bridgehead atoms. The Morgan fingerprint density at radius 2 is 1.64 bits per heavy atom. The average molecular weight is 427 g/mol. The molecule has 1 fully saturated rings. The highest BCUT2D eigenvalue weighted by atomic mass is 32.2. The van der Waals surface area contributed by atoms with Crippen molar-refractivity contribution in [3.63, 3.8) is 0 Å². The van der Waals surface area contributed by atoms with Gasteiger partial charge in [0.2, 0.25) is 15.9 Å². The number of nitrogens with zero attached hydrogens (tertiary/aromatic N) is 1. The van der Waals surface area contributed by atoms with Crippen molar-refractivity contribution >= 4 is 27.7 Å². The molecule has 0 spiro atoms. The highest BCUT2D eigenvalue weighted by Crippen LogP contribution is 2.29. The summed E-state index contributed by atoms with van der Waals surface area (Å²) in [5, 5.41) is 3.17. The van der Waals surface area contributed by atoms with Gasteiger partial charge in [-0.05, 0) is 69.0 Å². The molecule has 158 valence electrons. The summed E-state index contributed by atoms with van der Waals surface area (Å²) >= 11 is 1.58. The third kappa shape index (κ3) is 6.22. The van der Waals surface area contributed by atoms with Crippen molar-refractivity contribution in [2.24, 2.45) is 11.3 Å². The molecule has 0 atom stereocenters. The number of thioether (sulfide) groups is 1. The maximum Gasteiger partial charge on any atom is 0.243 e. The highest BCUT2D eigenvalue weighted by Gasteiger charge is 2.34. The molecule has 1 amide bonds. The van der Waals surface area contributed by atoms with Gasteiger partial charge in [0.25, 0.3) is 0 Å². The van der Waals surface area contributed by atoms with Crippen LogP contribution in [0, 0.1) is 11.3 Å². The standard InChI is InChI=1S/C21H34N2O3S2/c1-20(2,3)15-21(4,5)22-19(24)16-11-13-23(14-12-16)28(25,26)18-9-7-17(27-6)8-10-18/h7-10,16H,11-15H2,1-6H3,(H,22,24). The van der Waals surface area contributed by atoms with Crippen LogP contribution in [0.3, 0.4) is 0 Å². The first-order valence-corrected chi connectivity index (χ1v) is 12.5. The summed E-state index contributed by atoms with van der Waals surface area (Å²) in [6, 6.07) is 6.98. The van der Waals surface area contributed by atoms with E-state index in [0.29, 0.717) is 30.8 Å². The summed E-state index contributed by atoms with van der Waals surface area (Å²) in [4.78, 5) is 14.1. The lowest BCUT2D eigenvalue weighted by molar-refractivity contribution is -0.128. The van der Waals surface area contributed by atoms with Gasteiger partial charge < -0.3 is 5.32 Å². The van der Waals surface area contributed by atoms with Gasteiger partial charge in [-0.15, -0.1) is 11.8 Å². The van der Waals surface area contributed by atoms with Crippen LogP contribution >= 0.6 is 11.8 Å². The third-order valence-corrected chi connectivity index (χ3v) is 7.61. The Balaban J connectivity index is 1.96. The van der Waals surface area contributed by atoms with Crippen molar-refractivity contribution in [1.82, 2.24) is 9.62 Å². The molecule has 1 heterocycles. The number of nitrogens with one attached hydrogen (secondary N) is 1.